The minimum Gasteiger partial charge on any atom is -0.394 e. The second-order valence-corrected chi connectivity index (χ2v) is 4.75. The number of hydrogen-bond donors (Lipinski definition) is 2. The van der Waals surface area contributed by atoms with Gasteiger partial charge in [0.15, 0.2) is 5.15 Å². The van der Waals surface area contributed by atoms with Gasteiger partial charge in [0.05, 0.1) is 12.6 Å². The molecule has 6 heteroatoms. The molecule has 0 aliphatic rings. The van der Waals surface area contributed by atoms with Crippen LogP contribution >= 0.6 is 11.6 Å². The first-order valence-corrected chi connectivity index (χ1v) is 6.46. The molecule has 5 nitrogen and oxygen atoms in total. The summed E-state index contributed by atoms with van der Waals surface area (Å²) < 4.78 is 4.90. The van der Waals surface area contributed by atoms with E-state index in [1.807, 2.05) is 13.8 Å². The molecule has 18 heavy (non-hydrogen) atoms. The van der Waals surface area contributed by atoms with Crippen LogP contribution in [0.5, 0.6) is 0 Å². The smallest absolute Gasteiger partial charge is 0.220 e. The van der Waals surface area contributed by atoms with Crippen LogP contribution in [0.2, 0.25) is 5.15 Å². The van der Waals surface area contributed by atoms with E-state index < -0.39 is 0 Å². The molecule has 0 bridgehead atoms. The number of rotatable bonds is 7. The zero-order valence-electron chi connectivity index (χ0n) is 10.6. The highest BCUT2D eigenvalue weighted by atomic mass is 35.5. The molecular formula is C12H19ClN2O3. The second kappa shape index (κ2) is 7.38. The van der Waals surface area contributed by atoms with Crippen LogP contribution in [0.15, 0.2) is 10.6 Å². The van der Waals surface area contributed by atoms with Crippen molar-refractivity contribution in [1.82, 2.24) is 10.5 Å². The number of halogens is 1. The molecule has 0 spiro atoms. The molecule has 102 valence electrons. The topological polar surface area (TPSA) is 75.4 Å². The SMILES string of the molecule is CC[C@H](C)[C@@H](CO)NC(=O)CCc1cc(Cl)no1. The number of nitrogens with zero attached hydrogens (tertiary/aromatic N) is 1. The van der Waals surface area contributed by atoms with Crippen molar-refractivity contribution in [3.05, 3.63) is 17.0 Å². The van der Waals surface area contributed by atoms with Crippen LogP contribution in [-0.2, 0) is 11.2 Å². The van der Waals surface area contributed by atoms with Gasteiger partial charge in [-0.2, -0.15) is 0 Å². The first-order valence-electron chi connectivity index (χ1n) is 6.08. The van der Waals surface area contributed by atoms with E-state index in [9.17, 15) is 9.90 Å². The van der Waals surface area contributed by atoms with Gasteiger partial charge >= 0.3 is 0 Å². The quantitative estimate of drug-likeness (QED) is 0.795. The molecule has 2 atom stereocenters. The summed E-state index contributed by atoms with van der Waals surface area (Å²) in [5, 5.41) is 15.8. The number of carbonyl (C=O) groups excluding carboxylic acids is 1. The van der Waals surface area contributed by atoms with Crippen LogP contribution in [0.4, 0.5) is 0 Å². The molecule has 0 saturated heterocycles. The molecule has 0 saturated carbocycles. The molecule has 0 unspecified atom stereocenters. The summed E-state index contributed by atoms with van der Waals surface area (Å²) in [6.45, 7) is 3.97. The fraction of sp³-hybridized carbons (Fsp3) is 0.667. The molecular weight excluding hydrogens is 256 g/mol. The van der Waals surface area contributed by atoms with E-state index >= 15 is 0 Å². The monoisotopic (exact) mass is 274 g/mol. The number of aliphatic hydroxyl groups is 1. The Hall–Kier alpha value is -1.07. The Morgan fingerprint density at radius 3 is 2.89 bits per heavy atom. The zero-order valence-corrected chi connectivity index (χ0v) is 11.4. The van der Waals surface area contributed by atoms with Gasteiger partial charge in [-0.3, -0.25) is 4.79 Å². The van der Waals surface area contributed by atoms with Crippen LogP contribution in [0, 0.1) is 5.92 Å². The van der Waals surface area contributed by atoms with Crippen LogP contribution in [0.1, 0.15) is 32.4 Å². The number of amides is 1. The third kappa shape index (κ3) is 4.66. The average molecular weight is 275 g/mol. The summed E-state index contributed by atoms with van der Waals surface area (Å²) in [5.41, 5.74) is 0. The van der Waals surface area contributed by atoms with Crippen molar-refractivity contribution in [2.24, 2.45) is 5.92 Å². The first kappa shape index (κ1) is 15.0. The van der Waals surface area contributed by atoms with E-state index in [0.29, 0.717) is 23.8 Å². The largest absolute Gasteiger partial charge is 0.394 e. The third-order valence-electron chi connectivity index (χ3n) is 3.00. The van der Waals surface area contributed by atoms with Crippen LogP contribution < -0.4 is 5.32 Å². The minimum atomic E-state index is -0.194. The highest BCUT2D eigenvalue weighted by Crippen LogP contribution is 2.11. The zero-order chi connectivity index (χ0) is 13.5. The maximum Gasteiger partial charge on any atom is 0.220 e. The lowest BCUT2D eigenvalue weighted by Gasteiger charge is -2.21. The molecule has 1 amide bonds. The maximum atomic E-state index is 11.7. The van der Waals surface area contributed by atoms with Gasteiger partial charge in [0, 0.05) is 18.9 Å². The molecule has 1 aromatic heterocycles. The summed E-state index contributed by atoms with van der Waals surface area (Å²) in [6.07, 6.45) is 1.64. The van der Waals surface area contributed by atoms with Crippen molar-refractivity contribution >= 4 is 17.5 Å². The van der Waals surface area contributed by atoms with Gasteiger partial charge in [0.1, 0.15) is 5.76 Å². The lowest BCUT2D eigenvalue weighted by atomic mass is 10.00. The van der Waals surface area contributed by atoms with Crippen molar-refractivity contribution in [3.63, 3.8) is 0 Å². The number of nitrogens with one attached hydrogen (secondary N) is 1. The lowest BCUT2D eigenvalue weighted by molar-refractivity contribution is -0.122. The van der Waals surface area contributed by atoms with Crippen LogP contribution in [0.25, 0.3) is 0 Å². The predicted octanol–water partition coefficient (Wildman–Crippen LogP) is 1.78. The van der Waals surface area contributed by atoms with E-state index in [1.54, 1.807) is 6.07 Å². The first-order chi connectivity index (χ1) is 8.56. The Labute approximate surface area is 111 Å². The molecule has 0 aliphatic carbocycles. The van der Waals surface area contributed by atoms with Gasteiger partial charge < -0.3 is 14.9 Å². The molecule has 1 rings (SSSR count). The van der Waals surface area contributed by atoms with Crippen LogP contribution in [-0.4, -0.2) is 28.8 Å². The minimum absolute atomic E-state index is 0.0467. The van der Waals surface area contributed by atoms with Gasteiger partial charge in [-0.25, -0.2) is 0 Å². The van der Waals surface area contributed by atoms with Crippen LogP contribution in [0.3, 0.4) is 0 Å². The fourth-order valence-corrected chi connectivity index (χ4v) is 1.73. The Morgan fingerprint density at radius 1 is 1.67 bits per heavy atom. The van der Waals surface area contributed by atoms with Gasteiger partial charge in [0.25, 0.3) is 0 Å². The van der Waals surface area contributed by atoms with Gasteiger partial charge in [-0.1, -0.05) is 37.0 Å². The summed E-state index contributed by atoms with van der Waals surface area (Å²) in [4.78, 5) is 11.7. The van der Waals surface area contributed by atoms with Crippen molar-refractivity contribution in [3.8, 4) is 0 Å². The van der Waals surface area contributed by atoms with Crippen molar-refractivity contribution in [1.29, 1.82) is 0 Å². The van der Waals surface area contributed by atoms with Gasteiger partial charge in [0.2, 0.25) is 5.91 Å². The van der Waals surface area contributed by atoms with Gasteiger partial charge in [-0.15, -0.1) is 0 Å². The Morgan fingerprint density at radius 2 is 2.39 bits per heavy atom. The predicted molar refractivity (Wildman–Crippen MR) is 68.3 cm³/mol. The lowest BCUT2D eigenvalue weighted by Crippen LogP contribution is -2.41. The third-order valence-corrected chi connectivity index (χ3v) is 3.18. The highest BCUT2D eigenvalue weighted by molar-refractivity contribution is 6.29. The Bertz CT molecular complexity index is 381. The highest BCUT2D eigenvalue weighted by Gasteiger charge is 2.17. The summed E-state index contributed by atoms with van der Waals surface area (Å²) >= 11 is 5.60. The molecule has 1 heterocycles. The second-order valence-electron chi connectivity index (χ2n) is 4.36. The average Bonchev–Trinajstić information content (AvgIpc) is 2.78. The molecule has 0 aromatic carbocycles. The summed E-state index contributed by atoms with van der Waals surface area (Å²) in [7, 11) is 0. The van der Waals surface area contributed by atoms with Gasteiger partial charge in [-0.05, 0) is 5.92 Å². The molecule has 0 fully saturated rings. The van der Waals surface area contributed by atoms with E-state index in [2.05, 4.69) is 10.5 Å². The summed E-state index contributed by atoms with van der Waals surface area (Å²) in [6, 6.07) is 1.40. The maximum absolute atomic E-state index is 11.7. The molecule has 0 radical (unpaired) electrons. The number of hydrogen-bond acceptors (Lipinski definition) is 4. The van der Waals surface area contributed by atoms with E-state index in [1.165, 1.54) is 0 Å². The summed E-state index contributed by atoms with van der Waals surface area (Å²) in [5.74, 6) is 0.722. The number of aryl methyl sites for hydroxylation is 1. The number of aromatic nitrogens is 1. The normalized spacial score (nSPS) is 14.2. The van der Waals surface area contributed by atoms with Crippen molar-refractivity contribution < 1.29 is 14.4 Å². The van der Waals surface area contributed by atoms with Crippen molar-refractivity contribution in [2.75, 3.05) is 6.61 Å². The molecule has 2 N–H and O–H groups in total. The number of carbonyl (C=O) groups is 1. The van der Waals surface area contributed by atoms with E-state index in [-0.39, 0.29) is 24.5 Å². The Balaban J connectivity index is 2.36. The van der Waals surface area contributed by atoms with E-state index in [0.717, 1.165) is 6.42 Å². The number of aliphatic hydroxyl groups excluding tert-OH is 1. The van der Waals surface area contributed by atoms with Crippen molar-refractivity contribution in [2.45, 2.75) is 39.2 Å². The molecule has 0 aliphatic heterocycles. The fourth-order valence-electron chi connectivity index (χ4n) is 1.57. The standard InChI is InChI=1S/C12H19ClN2O3/c1-3-8(2)10(7-16)14-12(17)5-4-9-6-11(13)15-18-9/h6,8,10,16H,3-5,7H2,1-2H3,(H,14,17)/t8-,10+/m0/s1. The molecule has 1 aromatic rings. The Kier molecular flexibility index (Phi) is 6.15. The van der Waals surface area contributed by atoms with E-state index in [4.69, 9.17) is 16.1 Å².